The van der Waals surface area contributed by atoms with Gasteiger partial charge in [-0.3, -0.25) is 4.99 Å². The van der Waals surface area contributed by atoms with Gasteiger partial charge >= 0.3 is 0 Å². The molecule has 114 valence electrons. The molecule has 0 aliphatic carbocycles. The van der Waals surface area contributed by atoms with Gasteiger partial charge in [-0.15, -0.1) is 35.7 Å². The van der Waals surface area contributed by atoms with Gasteiger partial charge in [0.05, 0.1) is 13.2 Å². The predicted octanol–water partition coefficient (Wildman–Crippen LogP) is 2.72. The molecule has 0 fully saturated rings. The summed E-state index contributed by atoms with van der Waals surface area (Å²) in [5.41, 5.74) is 5.82. The number of ether oxygens (including phenoxy) is 1. The number of halogens is 1. The Labute approximate surface area is 143 Å². The van der Waals surface area contributed by atoms with Crippen LogP contribution in [0.1, 0.15) is 13.8 Å². The number of nitrogens with zero attached hydrogens (tertiary/aromatic N) is 1. The summed E-state index contributed by atoms with van der Waals surface area (Å²) in [6.07, 6.45) is 0. The number of guanidine groups is 1. The summed E-state index contributed by atoms with van der Waals surface area (Å²) in [6, 6.07) is 10.5. The molecule has 0 saturated heterocycles. The third-order valence-corrected chi connectivity index (χ3v) is 3.51. The van der Waals surface area contributed by atoms with Gasteiger partial charge in [-0.1, -0.05) is 25.1 Å². The normalized spacial score (nSPS) is 14.2. The van der Waals surface area contributed by atoms with E-state index >= 15 is 0 Å². The maximum atomic E-state index is 5.82. The Bertz CT molecular complexity index is 389. The molecule has 0 heterocycles. The fourth-order valence-electron chi connectivity index (χ4n) is 1.59. The lowest BCUT2D eigenvalue weighted by molar-refractivity contribution is 0.179. The average molecular weight is 409 g/mol. The van der Waals surface area contributed by atoms with E-state index < -0.39 is 0 Å². The van der Waals surface area contributed by atoms with Gasteiger partial charge in [0.25, 0.3) is 0 Å². The summed E-state index contributed by atoms with van der Waals surface area (Å²) >= 11 is 1.80. The van der Waals surface area contributed by atoms with Crippen LogP contribution in [0.5, 0.6) is 0 Å². The van der Waals surface area contributed by atoms with Crippen LogP contribution in [-0.2, 0) is 4.74 Å². The number of hydrogen-bond donors (Lipinski definition) is 2. The van der Waals surface area contributed by atoms with Gasteiger partial charge in [-0.05, 0) is 19.1 Å². The molecular weight excluding hydrogens is 385 g/mol. The molecule has 0 amide bonds. The highest BCUT2D eigenvalue weighted by Crippen LogP contribution is 2.22. The molecule has 0 aromatic heterocycles. The number of nitrogens with two attached hydrogens (primary N) is 1. The fraction of sp³-hybridized carbons (Fsp3) is 0.500. The van der Waals surface area contributed by atoms with Gasteiger partial charge in [-0.25, -0.2) is 0 Å². The highest BCUT2D eigenvalue weighted by molar-refractivity contribution is 14.0. The Morgan fingerprint density at radius 2 is 2.00 bits per heavy atom. The van der Waals surface area contributed by atoms with Crippen LogP contribution >= 0.6 is 35.7 Å². The number of aliphatic imine (C=N–C) groups is 1. The first kappa shape index (κ1) is 19.5. The van der Waals surface area contributed by atoms with E-state index in [2.05, 4.69) is 29.4 Å². The maximum Gasteiger partial charge on any atom is 0.188 e. The summed E-state index contributed by atoms with van der Waals surface area (Å²) in [6.45, 7) is 5.46. The minimum Gasteiger partial charge on any atom is -0.383 e. The van der Waals surface area contributed by atoms with E-state index in [0.29, 0.717) is 24.4 Å². The molecule has 1 aromatic carbocycles. The maximum absolute atomic E-state index is 5.82. The quantitative estimate of drug-likeness (QED) is 0.315. The van der Waals surface area contributed by atoms with Gasteiger partial charge in [0.1, 0.15) is 0 Å². The van der Waals surface area contributed by atoms with E-state index in [4.69, 9.17) is 10.5 Å². The first-order valence-electron chi connectivity index (χ1n) is 6.39. The molecule has 1 rings (SSSR count). The number of nitrogens with one attached hydrogen (secondary N) is 1. The SMILES string of the molecule is COCC(C)NC(N)=NCC(C)Sc1ccccc1.I. The van der Waals surface area contributed by atoms with Crippen molar-refractivity contribution in [3.63, 3.8) is 0 Å². The van der Waals surface area contributed by atoms with Gasteiger partial charge in [0, 0.05) is 23.3 Å². The minimum absolute atomic E-state index is 0. The van der Waals surface area contributed by atoms with Gasteiger partial charge < -0.3 is 15.8 Å². The van der Waals surface area contributed by atoms with Crippen molar-refractivity contribution in [2.45, 2.75) is 30.0 Å². The monoisotopic (exact) mass is 409 g/mol. The van der Waals surface area contributed by atoms with Crippen LogP contribution in [0.2, 0.25) is 0 Å². The molecule has 2 unspecified atom stereocenters. The smallest absolute Gasteiger partial charge is 0.188 e. The molecule has 4 nitrogen and oxygen atoms in total. The number of rotatable bonds is 7. The molecule has 2 atom stereocenters. The highest BCUT2D eigenvalue weighted by Gasteiger charge is 2.05. The Kier molecular flexibility index (Phi) is 11.0. The zero-order valence-electron chi connectivity index (χ0n) is 12.2. The zero-order valence-corrected chi connectivity index (χ0v) is 15.4. The lowest BCUT2D eigenvalue weighted by Crippen LogP contribution is -2.41. The largest absolute Gasteiger partial charge is 0.383 e. The second-order valence-electron chi connectivity index (χ2n) is 4.47. The van der Waals surface area contributed by atoms with Gasteiger partial charge in [0.15, 0.2) is 5.96 Å². The van der Waals surface area contributed by atoms with Crippen LogP contribution in [0.25, 0.3) is 0 Å². The molecule has 0 aliphatic heterocycles. The fourth-order valence-corrected chi connectivity index (χ4v) is 2.51. The summed E-state index contributed by atoms with van der Waals surface area (Å²) < 4.78 is 5.03. The van der Waals surface area contributed by atoms with Crippen molar-refractivity contribution >= 4 is 41.7 Å². The van der Waals surface area contributed by atoms with Crippen LogP contribution in [0.15, 0.2) is 40.2 Å². The second kappa shape index (κ2) is 11.2. The second-order valence-corrected chi connectivity index (χ2v) is 5.98. The summed E-state index contributed by atoms with van der Waals surface area (Å²) in [7, 11) is 1.67. The van der Waals surface area contributed by atoms with Crippen molar-refractivity contribution in [1.82, 2.24) is 5.32 Å². The number of methoxy groups -OCH3 is 1. The van der Waals surface area contributed by atoms with Gasteiger partial charge in [0.2, 0.25) is 0 Å². The van der Waals surface area contributed by atoms with Crippen molar-refractivity contribution in [2.75, 3.05) is 20.3 Å². The lowest BCUT2D eigenvalue weighted by atomic mass is 10.4. The molecule has 0 saturated carbocycles. The number of thioether (sulfide) groups is 1. The molecule has 0 aliphatic rings. The standard InChI is InChI=1S/C14H23N3OS.HI/c1-11(10-18-3)17-14(15)16-9-12(2)19-13-7-5-4-6-8-13;/h4-8,11-12H,9-10H2,1-3H3,(H3,15,16,17);1H. The topological polar surface area (TPSA) is 59.6 Å². The molecule has 1 aromatic rings. The Morgan fingerprint density at radius 1 is 1.35 bits per heavy atom. The molecule has 0 bridgehead atoms. The zero-order chi connectivity index (χ0) is 14.1. The average Bonchev–Trinajstić information content (AvgIpc) is 2.38. The van der Waals surface area contributed by atoms with Crippen molar-refractivity contribution in [3.05, 3.63) is 30.3 Å². The van der Waals surface area contributed by atoms with E-state index in [1.807, 2.05) is 25.1 Å². The van der Waals surface area contributed by atoms with Gasteiger partial charge in [-0.2, -0.15) is 0 Å². The molecule has 3 N–H and O–H groups in total. The summed E-state index contributed by atoms with van der Waals surface area (Å²) in [4.78, 5) is 5.60. The first-order valence-corrected chi connectivity index (χ1v) is 7.27. The van der Waals surface area contributed by atoms with Crippen molar-refractivity contribution in [3.8, 4) is 0 Å². The predicted molar refractivity (Wildman–Crippen MR) is 98.1 cm³/mol. The molecular formula is C14H24IN3OS. The van der Waals surface area contributed by atoms with Crippen LogP contribution in [0, 0.1) is 0 Å². The van der Waals surface area contributed by atoms with E-state index in [0.717, 1.165) is 0 Å². The molecule has 0 radical (unpaired) electrons. The van der Waals surface area contributed by atoms with Crippen LogP contribution in [0.4, 0.5) is 0 Å². The Morgan fingerprint density at radius 3 is 2.60 bits per heavy atom. The summed E-state index contributed by atoms with van der Waals surface area (Å²) in [5.74, 6) is 0.477. The number of benzene rings is 1. The Balaban J connectivity index is 0.00000361. The number of hydrogen-bond acceptors (Lipinski definition) is 3. The first-order chi connectivity index (χ1) is 9.11. The minimum atomic E-state index is 0. The molecule has 20 heavy (non-hydrogen) atoms. The van der Waals surface area contributed by atoms with E-state index in [1.165, 1.54) is 4.90 Å². The third kappa shape index (κ3) is 8.65. The van der Waals surface area contributed by atoms with Crippen molar-refractivity contribution in [1.29, 1.82) is 0 Å². The summed E-state index contributed by atoms with van der Waals surface area (Å²) in [5, 5.41) is 3.48. The molecule has 0 spiro atoms. The highest BCUT2D eigenvalue weighted by atomic mass is 127. The Hall–Kier alpha value is -0.470. The van der Waals surface area contributed by atoms with Crippen LogP contribution in [0.3, 0.4) is 0 Å². The lowest BCUT2D eigenvalue weighted by Gasteiger charge is -2.14. The van der Waals surface area contributed by atoms with Crippen molar-refractivity contribution in [2.24, 2.45) is 10.7 Å². The third-order valence-electron chi connectivity index (χ3n) is 2.41. The van der Waals surface area contributed by atoms with E-state index in [-0.39, 0.29) is 30.0 Å². The van der Waals surface area contributed by atoms with Crippen LogP contribution < -0.4 is 11.1 Å². The van der Waals surface area contributed by atoms with E-state index in [9.17, 15) is 0 Å². The van der Waals surface area contributed by atoms with Crippen LogP contribution in [-0.4, -0.2) is 37.5 Å². The molecule has 6 heteroatoms. The van der Waals surface area contributed by atoms with Crippen molar-refractivity contribution < 1.29 is 4.74 Å². The van der Waals surface area contributed by atoms with E-state index in [1.54, 1.807) is 18.9 Å².